The zero-order valence-corrected chi connectivity index (χ0v) is 13.4. The summed E-state index contributed by atoms with van der Waals surface area (Å²) in [5.41, 5.74) is 1.40. The predicted molar refractivity (Wildman–Crippen MR) is 84.6 cm³/mol. The van der Waals surface area contributed by atoms with Crippen LogP contribution in [-0.4, -0.2) is 37.6 Å². The van der Waals surface area contributed by atoms with Crippen molar-refractivity contribution in [3.05, 3.63) is 23.8 Å². The molecule has 120 valence electrons. The number of carbonyl (C=O) groups is 2. The normalized spacial score (nSPS) is 16.7. The van der Waals surface area contributed by atoms with Crippen molar-refractivity contribution in [1.29, 1.82) is 0 Å². The number of rotatable bonds is 6. The molecule has 0 amide bonds. The molecule has 5 heteroatoms. The summed E-state index contributed by atoms with van der Waals surface area (Å²) in [5, 5.41) is 0. The van der Waals surface area contributed by atoms with E-state index in [9.17, 15) is 9.59 Å². The van der Waals surface area contributed by atoms with E-state index in [1.807, 2.05) is 18.7 Å². The molecular weight excluding hydrogens is 282 g/mol. The number of anilines is 1. The van der Waals surface area contributed by atoms with Gasteiger partial charge in [0.15, 0.2) is 5.78 Å². The molecule has 1 aromatic carbocycles. The summed E-state index contributed by atoms with van der Waals surface area (Å²) in [6, 6.07) is 5.35. The molecule has 0 radical (unpaired) electrons. The second-order valence-corrected chi connectivity index (χ2v) is 5.49. The zero-order valence-electron chi connectivity index (χ0n) is 13.4. The minimum absolute atomic E-state index is 0.00563. The van der Waals surface area contributed by atoms with Crippen LogP contribution >= 0.6 is 0 Å². The van der Waals surface area contributed by atoms with Crippen LogP contribution in [0.2, 0.25) is 0 Å². The summed E-state index contributed by atoms with van der Waals surface area (Å²) in [5.74, 6) is 0.457. The van der Waals surface area contributed by atoms with Crippen LogP contribution in [0.25, 0.3) is 0 Å². The molecule has 1 unspecified atom stereocenters. The number of ether oxygens (including phenoxy) is 2. The topological polar surface area (TPSA) is 55.8 Å². The summed E-state index contributed by atoms with van der Waals surface area (Å²) in [4.78, 5) is 25.4. The van der Waals surface area contributed by atoms with Gasteiger partial charge in [-0.15, -0.1) is 0 Å². The largest absolute Gasteiger partial charge is 0.486 e. The summed E-state index contributed by atoms with van der Waals surface area (Å²) >= 11 is 0. The molecule has 1 atom stereocenters. The molecule has 2 rings (SSSR count). The molecular formula is C17H23NO4. The first-order valence-electron chi connectivity index (χ1n) is 7.77. The Kier molecular flexibility index (Phi) is 5.41. The minimum Gasteiger partial charge on any atom is -0.486 e. The van der Waals surface area contributed by atoms with Crippen molar-refractivity contribution < 1.29 is 19.1 Å². The molecule has 0 bridgehead atoms. The van der Waals surface area contributed by atoms with Gasteiger partial charge in [0.1, 0.15) is 18.4 Å². The fourth-order valence-electron chi connectivity index (χ4n) is 2.42. The van der Waals surface area contributed by atoms with Crippen molar-refractivity contribution in [2.75, 3.05) is 24.6 Å². The van der Waals surface area contributed by atoms with E-state index in [2.05, 4.69) is 0 Å². The second-order valence-electron chi connectivity index (χ2n) is 5.49. The Morgan fingerprint density at radius 2 is 2.14 bits per heavy atom. The number of nitrogens with zero attached hydrogens (tertiary/aromatic N) is 1. The monoisotopic (exact) mass is 305 g/mol. The van der Waals surface area contributed by atoms with E-state index in [1.165, 1.54) is 6.92 Å². The third-order valence-electron chi connectivity index (χ3n) is 3.67. The van der Waals surface area contributed by atoms with Gasteiger partial charge in [-0.3, -0.25) is 9.59 Å². The highest BCUT2D eigenvalue weighted by Crippen LogP contribution is 2.35. The van der Waals surface area contributed by atoms with Crippen LogP contribution in [0.5, 0.6) is 5.75 Å². The van der Waals surface area contributed by atoms with E-state index in [1.54, 1.807) is 18.2 Å². The fourth-order valence-corrected chi connectivity index (χ4v) is 2.42. The number of benzene rings is 1. The quantitative estimate of drug-likeness (QED) is 0.597. The first-order chi connectivity index (χ1) is 10.5. The predicted octanol–water partition coefficient (Wildman–Crippen LogP) is 2.82. The molecule has 0 N–H and O–H groups in total. The average molecular weight is 305 g/mol. The van der Waals surface area contributed by atoms with E-state index in [4.69, 9.17) is 9.47 Å². The second kappa shape index (κ2) is 7.29. The Hall–Kier alpha value is -2.04. The van der Waals surface area contributed by atoms with Gasteiger partial charge in [-0.2, -0.15) is 0 Å². The van der Waals surface area contributed by atoms with Gasteiger partial charge < -0.3 is 14.4 Å². The molecule has 0 fully saturated rings. The van der Waals surface area contributed by atoms with Gasteiger partial charge in [-0.25, -0.2) is 0 Å². The average Bonchev–Trinajstić information content (AvgIpc) is 2.52. The standard InChI is InChI=1S/C17H23NO4/c1-4-8-21-17(20)11-18-10-14(5-2)22-16-7-6-13(12(3)19)9-15(16)18/h6-7,9,14H,4-5,8,10-11H2,1-3H3. The fraction of sp³-hybridized carbons (Fsp3) is 0.529. The maximum Gasteiger partial charge on any atom is 0.325 e. The van der Waals surface area contributed by atoms with Crippen LogP contribution in [0.1, 0.15) is 44.0 Å². The molecule has 1 heterocycles. The molecule has 22 heavy (non-hydrogen) atoms. The van der Waals surface area contributed by atoms with Crippen molar-refractivity contribution in [3.8, 4) is 5.75 Å². The van der Waals surface area contributed by atoms with Crippen molar-refractivity contribution in [1.82, 2.24) is 0 Å². The molecule has 1 aliphatic heterocycles. The van der Waals surface area contributed by atoms with Crippen LogP contribution in [0.15, 0.2) is 18.2 Å². The van der Waals surface area contributed by atoms with Crippen molar-refractivity contribution in [3.63, 3.8) is 0 Å². The molecule has 0 saturated carbocycles. The van der Waals surface area contributed by atoms with Crippen molar-refractivity contribution in [2.24, 2.45) is 0 Å². The van der Waals surface area contributed by atoms with Crippen LogP contribution in [0, 0.1) is 0 Å². The van der Waals surface area contributed by atoms with Crippen LogP contribution in [-0.2, 0) is 9.53 Å². The van der Waals surface area contributed by atoms with Crippen molar-refractivity contribution in [2.45, 2.75) is 39.7 Å². The van der Waals surface area contributed by atoms with E-state index in [0.717, 1.165) is 18.5 Å². The maximum absolute atomic E-state index is 11.9. The lowest BCUT2D eigenvalue weighted by atomic mass is 10.1. The highest BCUT2D eigenvalue weighted by atomic mass is 16.5. The Balaban J connectivity index is 2.23. The van der Waals surface area contributed by atoms with Gasteiger partial charge in [0.05, 0.1) is 18.8 Å². The van der Waals surface area contributed by atoms with E-state index in [0.29, 0.717) is 24.5 Å². The SMILES string of the molecule is CCCOC(=O)CN1CC(CC)Oc2ccc(C(C)=O)cc21. The zero-order chi connectivity index (χ0) is 16.1. The molecule has 5 nitrogen and oxygen atoms in total. The highest BCUT2D eigenvalue weighted by molar-refractivity contribution is 5.95. The van der Waals surface area contributed by atoms with E-state index < -0.39 is 0 Å². The van der Waals surface area contributed by atoms with Gasteiger partial charge in [-0.05, 0) is 38.0 Å². The van der Waals surface area contributed by atoms with Gasteiger partial charge in [0.2, 0.25) is 0 Å². The van der Waals surface area contributed by atoms with Crippen LogP contribution in [0.3, 0.4) is 0 Å². The lowest BCUT2D eigenvalue weighted by Gasteiger charge is -2.35. The summed E-state index contributed by atoms with van der Waals surface area (Å²) in [7, 11) is 0. The molecule has 0 spiro atoms. The smallest absolute Gasteiger partial charge is 0.325 e. The van der Waals surface area contributed by atoms with Crippen LogP contribution < -0.4 is 9.64 Å². The maximum atomic E-state index is 11.9. The van der Waals surface area contributed by atoms with Gasteiger partial charge in [-0.1, -0.05) is 13.8 Å². The first-order valence-corrected chi connectivity index (χ1v) is 7.77. The number of hydrogen-bond donors (Lipinski definition) is 0. The van der Waals surface area contributed by atoms with Gasteiger partial charge in [0.25, 0.3) is 0 Å². The Labute approximate surface area is 131 Å². The minimum atomic E-state index is -0.252. The van der Waals surface area contributed by atoms with E-state index >= 15 is 0 Å². The Morgan fingerprint density at radius 3 is 2.77 bits per heavy atom. The lowest BCUT2D eigenvalue weighted by Crippen LogP contribution is -2.42. The lowest BCUT2D eigenvalue weighted by molar-refractivity contribution is -0.142. The molecule has 0 aromatic heterocycles. The number of hydrogen-bond acceptors (Lipinski definition) is 5. The Bertz CT molecular complexity index is 556. The van der Waals surface area contributed by atoms with Crippen LogP contribution in [0.4, 0.5) is 5.69 Å². The highest BCUT2D eigenvalue weighted by Gasteiger charge is 2.27. The molecule has 0 aliphatic carbocycles. The number of carbonyl (C=O) groups excluding carboxylic acids is 2. The molecule has 1 aromatic rings. The van der Waals surface area contributed by atoms with Gasteiger partial charge in [0, 0.05) is 5.56 Å². The summed E-state index contributed by atoms with van der Waals surface area (Å²) < 4.78 is 11.1. The third kappa shape index (κ3) is 3.78. The summed E-state index contributed by atoms with van der Waals surface area (Å²) in [6.45, 7) is 6.76. The number of Topliss-reactive ketones (excluding diaryl/α,β-unsaturated/α-hetero) is 1. The first kappa shape index (κ1) is 16.3. The number of ketones is 1. The summed E-state index contributed by atoms with van der Waals surface area (Å²) in [6.07, 6.45) is 1.70. The van der Waals surface area contributed by atoms with E-state index in [-0.39, 0.29) is 24.4 Å². The van der Waals surface area contributed by atoms with Crippen molar-refractivity contribution >= 4 is 17.4 Å². The molecule has 1 aliphatic rings. The molecule has 0 saturated heterocycles. The number of fused-ring (bicyclic) bond motifs is 1. The Morgan fingerprint density at radius 1 is 1.36 bits per heavy atom. The van der Waals surface area contributed by atoms with Gasteiger partial charge >= 0.3 is 5.97 Å². The number of esters is 1. The third-order valence-corrected chi connectivity index (χ3v) is 3.67.